The van der Waals surface area contributed by atoms with Gasteiger partial charge in [0.05, 0.1) is 0 Å². The van der Waals surface area contributed by atoms with Gasteiger partial charge in [0.25, 0.3) is 0 Å². The third-order valence-corrected chi connectivity index (χ3v) is 4.93. The van der Waals surface area contributed by atoms with Crippen molar-refractivity contribution in [2.45, 2.75) is 8.94 Å². The number of rotatable bonds is 4. The maximum Gasteiger partial charge on any atom is -0.147 e. The van der Waals surface area contributed by atoms with E-state index in [-0.39, 0.29) is 45.7 Å². The predicted octanol–water partition coefficient (Wildman–Crippen LogP) is 3.88. The van der Waals surface area contributed by atoms with Gasteiger partial charge in [0.2, 0.25) is 0 Å². The molecule has 0 aromatic rings. The molecule has 0 aliphatic carbocycles. The van der Waals surface area contributed by atoms with Crippen molar-refractivity contribution in [3.63, 3.8) is 0 Å². The fraction of sp³-hybridized carbons (Fsp3) is 0.333. The summed E-state index contributed by atoms with van der Waals surface area (Å²) in [4.78, 5) is 0. The zero-order chi connectivity index (χ0) is 7.28. The SMILES string of the molecule is C=C(Cl)C[Te]CC(=C)Cl.Cl.Cl. The van der Waals surface area contributed by atoms with Crippen LogP contribution in [0.5, 0.6) is 0 Å². The summed E-state index contributed by atoms with van der Waals surface area (Å²) in [5.41, 5.74) is 0. The van der Waals surface area contributed by atoms with Gasteiger partial charge in [-0.25, -0.2) is 0 Å². The van der Waals surface area contributed by atoms with E-state index in [1.54, 1.807) is 0 Å². The summed E-state index contributed by atoms with van der Waals surface area (Å²) < 4.78 is 1.91. The largest absolute Gasteiger partial charge is 0.147 e. The standard InChI is InChI=1S/C6H8Cl2Te.2ClH/c1-5(7)3-9-4-6(2)8;;/h1-4H2;2*1H. The summed E-state index contributed by atoms with van der Waals surface area (Å²) >= 11 is 11.0. The second-order valence-corrected chi connectivity index (χ2v) is 5.41. The molecule has 0 amide bonds. The van der Waals surface area contributed by atoms with E-state index >= 15 is 0 Å². The van der Waals surface area contributed by atoms with Gasteiger partial charge in [0.15, 0.2) is 0 Å². The molecule has 0 heterocycles. The van der Waals surface area contributed by atoms with Crippen molar-refractivity contribution < 1.29 is 0 Å². The van der Waals surface area contributed by atoms with E-state index in [0.29, 0.717) is 0 Å². The van der Waals surface area contributed by atoms with Gasteiger partial charge in [-0.05, 0) is 0 Å². The summed E-state index contributed by atoms with van der Waals surface area (Å²) in [6.07, 6.45) is 0. The Balaban J connectivity index is -0.000000320. The molecule has 0 aliphatic rings. The van der Waals surface area contributed by atoms with Crippen molar-refractivity contribution in [2.75, 3.05) is 0 Å². The van der Waals surface area contributed by atoms with Gasteiger partial charge >= 0.3 is 76.3 Å². The van der Waals surface area contributed by atoms with Crippen LogP contribution in [-0.2, 0) is 0 Å². The Labute approximate surface area is 100 Å². The van der Waals surface area contributed by atoms with E-state index in [1.165, 1.54) is 0 Å². The maximum atomic E-state index is 5.53. The quantitative estimate of drug-likeness (QED) is 0.675. The average Bonchev–Trinajstić information content (AvgIpc) is 1.63. The van der Waals surface area contributed by atoms with Gasteiger partial charge in [-0.2, -0.15) is 0 Å². The molecule has 0 unspecified atom stereocenters. The summed E-state index contributed by atoms with van der Waals surface area (Å²) in [7, 11) is 0. The van der Waals surface area contributed by atoms with E-state index in [4.69, 9.17) is 23.2 Å². The van der Waals surface area contributed by atoms with Crippen molar-refractivity contribution in [3.05, 3.63) is 23.2 Å². The molecule has 0 aromatic heterocycles. The first-order chi connectivity index (χ1) is 4.13. The zero-order valence-corrected chi connectivity index (χ0v) is 11.3. The topological polar surface area (TPSA) is 0 Å². The molecule has 0 spiro atoms. The Hall–Kier alpha value is 1.43. The third kappa shape index (κ3) is 18.4. The van der Waals surface area contributed by atoms with Gasteiger partial charge < -0.3 is 0 Å². The van der Waals surface area contributed by atoms with Crippen LogP contribution in [0.1, 0.15) is 0 Å². The molecule has 0 nitrogen and oxygen atoms in total. The molecule has 68 valence electrons. The Bertz CT molecular complexity index is 110. The van der Waals surface area contributed by atoms with Crippen molar-refractivity contribution >= 4 is 68.9 Å². The normalized spacial score (nSPS) is 7.45. The van der Waals surface area contributed by atoms with Crippen LogP contribution in [0.15, 0.2) is 23.2 Å². The molecule has 0 saturated carbocycles. The monoisotopic (exact) mass is 352 g/mol. The minimum atomic E-state index is -0.0765. The molecule has 0 saturated heterocycles. The number of allylic oxidation sites excluding steroid dienone is 2. The smallest absolute Gasteiger partial charge is 0.147 e. The van der Waals surface area contributed by atoms with Crippen LogP contribution >= 0.6 is 48.0 Å². The summed E-state index contributed by atoms with van der Waals surface area (Å²) in [6.45, 7) is 7.15. The van der Waals surface area contributed by atoms with Gasteiger partial charge in [0.1, 0.15) is 0 Å². The van der Waals surface area contributed by atoms with Gasteiger partial charge in [-0.1, -0.05) is 0 Å². The molecular weight excluding hydrogens is 341 g/mol. The van der Waals surface area contributed by atoms with E-state index in [2.05, 4.69) is 13.2 Å². The van der Waals surface area contributed by atoms with Crippen LogP contribution in [-0.4, -0.2) is 20.9 Å². The molecule has 0 aliphatic heterocycles. The number of hydrogen-bond acceptors (Lipinski definition) is 0. The van der Waals surface area contributed by atoms with Crippen molar-refractivity contribution in [3.8, 4) is 0 Å². The van der Waals surface area contributed by atoms with E-state index in [9.17, 15) is 0 Å². The van der Waals surface area contributed by atoms with Crippen LogP contribution in [0.2, 0.25) is 8.94 Å². The Morgan fingerprint density at radius 2 is 1.27 bits per heavy atom. The van der Waals surface area contributed by atoms with Crippen LogP contribution in [0.25, 0.3) is 0 Å². The Morgan fingerprint density at radius 3 is 1.45 bits per heavy atom. The molecular formula is C6H10Cl4Te. The van der Waals surface area contributed by atoms with Crippen LogP contribution in [0, 0.1) is 0 Å². The van der Waals surface area contributed by atoms with Crippen molar-refractivity contribution in [2.24, 2.45) is 0 Å². The molecule has 0 radical (unpaired) electrons. The third-order valence-electron chi connectivity index (χ3n) is 0.517. The summed E-state index contributed by atoms with van der Waals surface area (Å²) in [5.74, 6) is 0. The zero-order valence-electron chi connectivity index (χ0n) is 5.81. The van der Waals surface area contributed by atoms with Crippen molar-refractivity contribution in [1.29, 1.82) is 0 Å². The van der Waals surface area contributed by atoms with Crippen molar-refractivity contribution in [1.82, 2.24) is 0 Å². The van der Waals surface area contributed by atoms with Crippen LogP contribution in [0.4, 0.5) is 0 Å². The molecule has 0 N–H and O–H groups in total. The molecule has 0 rings (SSSR count). The first kappa shape index (κ1) is 18.3. The second-order valence-electron chi connectivity index (χ2n) is 1.53. The first-order valence-corrected chi connectivity index (χ1v) is 6.42. The minimum absolute atomic E-state index is 0. The minimum Gasteiger partial charge on any atom is -0.147 e. The molecule has 11 heavy (non-hydrogen) atoms. The maximum absolute atomic E-state index is 5.53. The van der Waals surface area contributed by atoms with E-state index in [1.807, 2.05) is 0 Å². The fourth-order valence-electron chi connectivity index (χ4n) is 0.273. The first-order valence-electron chi connectivity index (χ1n) is 2.37. The average molecular weight is 352 g/mol. The molecule has 0 aromatic carbocycles. The molecule has 5 heteroatoms. The van der Waals surface area contributed by atoms with Crippen LogP contribution < -0.4 is 0 Å². The van der Waals surface area contributed by atoms with E-state index < -0.39 is 0 Å². The Morgan fingerprint density at radius 1 is 1.00 bits per heavy atom. The predicted molar refractivity (Wildman–Crippen MR) is 59.9 cm³/mol. The second kappa shape index (κ2) is 11.4. The van der Waals surface area contributed by atoms with Crippen LogP contribution in [0.3, 0.4) is 0 Å². The van der Waals surface area contributed by atoms with Gasteiger partial charge in [0, 0.05) is 0 Å². The van der Waals surface area contributed by atoms with Gasteiger partial charge in [-0.3, -0.25) is 0 Å². The van der Waals surface area contributed by atoms with E-state index in [0.717, 1.165) is 19.0 Å². The Kier molecular flexibility index (Phi) is 19.0. The molecule has 0 bridgehead atoms. The van der Waals surface area contributed by atoms with Gasteiger partial charge in [-0.15, -0.1) is 24.8 Å². The number of halogens is 4. The fourth-order valence-corrected chi connectivity index (χ4v) is 2.86. The molecule has 0 atom stereocenters. The summed E-state index contributed by atoms with van der Waals surface area (Å²) in [5, 5.41) is 1.49. The summed E-state index contributed by atoms with van der Waals surface area (Å²) in [6, 6.07) is 0. The number of hydrogen-bond donors (Lipinski definition) is 0. The molecule has 0 fully saturated rings.